The van der Waals surface area contributed by atoms with Crippen LogP contribution in [0.4, 0.5) is 5.69 Å². The Morgan fingerprint density at radius 2 is 1.77 bits per heavy atom. The minimum absolute atomic E-state index is 0.0386. The van der Waals surface area contributed by atoms with Crippen LogP contribution >= 0.6 is 44.1 Å². The molecule has 2 aromatic carbocycles. The highest BCUT2D eigenvalue weighted by Crippen LogP contribution is 2.35. The Morgan fingerprint density at radius 3 is 2.30 bits per heavy atom. The Morgan fingerprint density at radius 1 is 1.17 bits per heavy atom. The number of nitrogens with zero attached hydrogens (tertiary/aromatic N) is 2. The SMILES string of the molecule is COC(=O)CN1C(=S)N(c2ccc(OC)cc2)C(=O)/C1=C/c1cc(Br)c(O)c(Br)c1. The average molecular weight is 556 g/mol. The topological polar surface area (TPSA) is 79.3 Å². The number of amides is 1. The van der Waals surface area contributed by atoms with Gasteiger partial charge in [-0.15, -0.1) is 0 Å². The zero-order valence-corrected chi connectivity index (χ0v) is 19.9. The van der Waals surface area contributed by atoms with Crippen molar-refractivity contribution in [2.75, 3.05) is 25.7 Å². The lowest BCUT2D eigenvalue weighted by Crippen LogP contribution is -2.35. The zero-order valence-electron chi connectivity index (χ0n) is 15.9. The fraction of sp³-hybridized carbons (Fsp3) is 0.150. The number of aromatic hydroxyl groups is 1. The number of methoxy groups -OCH3 is 2. The Hall–Kier alpha value is -2.43. The summed E-state index contributed by atoms with van der Waals surface area (Å²) in [4.78, 5) is 28.0. The molecule has 2 aromatic rings. The monoisotopic (exact) mass is 554 g/mol. The number of phenols is 1. The van der Waals surface area contributed by atoms with E-state index in [1.807, 2.05) is 0 Å². The van der Waals surface area contributed by atoms with E-state index in [0.29, 0.717) is 25.9 Å². The Kier molecular flexibility index (Phi) is 6.79. The Labute approximate surface area is 195 Å². The zero-order chi connectivity index (χ0) is 22.0. The molecule has 1 aliphatic rings. The summed E-state index contributed by atoms with van der Waals surface area (Å²) in [6.07, 6.45) is 1.59. The number of hydrogen-bond acceptors (Lipinski definition) is 6. The van der Waals surface area contributed by atoms with Gasteiger partial charge in [-0.1, -0.05) is 0 Å². The van der Waals surface area contributed by atoms with Crippen LogP contribution < -0.4 is 9.64 Å². The molecule has 3 rings (SSSR count). The summed E-state index contributed by atoms with van der Waals surface area (Å²) in [6.45, 7) is -0.222. The van der Waals surface area contributed by atoms with Crippen LogP contribution in [0.15, 0.2) is 51.0 Å². The molecule has 0 aromatic heterocycles. The number of thiocarbonyl (C=S) groups is 1. The quantitative estimate of drug-likeness (QED) is 0.338. The number of phenolic OH excluding ortho intramolecular Hbond substituents is 1. The number of benzene rings is 2. The molecule has 1 fully saturated rings. The van der Waals surface area contributed by atoms with Gasteiger partial charge in [-0.25, -0.2) is 0 Å². The fourth-order valence-electron chi connectivity index (χ4n) is 2.81. The van der Waals surface area contributed by atoms with E-state index in [2.05, 4.69) is 31.9 Å². The average Bonchev–Trinajstić information content (AvgIpc) is 2.95. The van der Waals surface area contributed by atoms with Gasteiger partial charge in [0.1, 0.15) is 23.7 Å². The van der Waals surface area contributed by atoms with Gasteiger partial charge < -0.3 is 19.5 Å². The van der Waals surface area contributed by atoms with Gasteiger partial charge in [0.2, 0.25) is 0 Å². The number of rotatable bonds is 5. The van der Waals surface area contributed by atoms with Crippen molar-refractivity contribution in [1.29, 1.82) is 0 Å². The molecule has 1 aliphatic heterocycles. The van der Waals surface area contributed by atoms with Crippen LogP contribution in [0, 0.1) is 0 Å². The number of hydrogen-bond donors (Lipinski definition) is 1. The van der Waals surface area contributed by atoms with Crippen molar-refractivity contribution in [2.24, 2.45) is 0 Å². The van der Waals surface area contributed by atoms with Gasteiger partial charge in [-0.2, -0.15) is 0 Å². The van der Waals surface area contributed by atoms with Gasteiger partial charge in [-0.05, 0) is 92.1 Å². The van der Waals surface area contributed by atoms with Gasteiger partial charge in [0, 0.05) is 0 Å². The lowest BCUT2D eigenvalue weighted by atomic mass is 10.1. The van der Waals surface area contributed by atoms with E-state index < -0.39 is 11.9 Å². The highest BCUT2D eigenvalue weighted by atomic mass is 79.9. The van der Waals surface area contributed by atoms with Crippen LogP contribution in [0.5, 0.6) is 11.5 Å². The van der Waals surface area contributed by atoms with Crippen molar-refractivity contribution in [3.63, 3.8) is 0 Å². The van der Waals surface area contributed by atoms with E-state index in [9.17, 15) is 14.7 Å². The largest absolute Gasteiger partial charge is 0.506 e. The summed E-state index contributed by atoms with van der Waals surface area (Å²) >= 11 is 12.1. The van der Waals surface area contributed by atoms with Crippen molar-refractivity contribution in [1.82, 2.24) is 4.90 Å². The Bertz CT molecular complexity index is 1030. The molecule has 10 heteroatoms. The molecule has 0 aliphatic carbocycles. The van der Waals surface area contributed by atoms with E-state index in [1.165, 1.54) is 16.9 Å². The smallest absolute Gasteiger partial charge is 0.325 e. The Balaban J connectivity index is 2.07. The van der Waals surface area contributed by atoms with Gasteiger partial charge in [-0.3, -0.25) is 14.5 Å². The minimum Gasteiger partial charge on any atom is -0.506 e. The van der Waals surface area contributed by atoms with Crippen molar-refractivity contribution >= 4 is 72.8 Å². The van der Waals surface area contributed by atoms with Crippen molar-refractivity contribution < 1.29 is 24.2 Å². The summed E-state index contributed by atoms with van der Waals surface area (Å²) in [5.74, 6) is -0.260. The maximum absolute atomic E-state index is 13.3. The van der Waals surface area contributed by atoms with Crippen LogP contribution in [0.3, 0.4) is 0 Å². The number of halogens is 2. The standard InChI is InChI=1S/C20H16Br2N2O5S/c1-28-13-5-3-12(4-6-13)24-19(27)16(23(20(24)30)10-17(25)29-2)9-11-7-14(21)18(26)15(22)8-11/h3-9,26H,10H2,1-2H3/b16-9-. The van der Waals surface area contributed by atoms with Crippen LogP contribution in [0.25, 0.3) is 6.08 Å². The third-order valence-electron chi connectivity index (χ3n) is 4.32. The molecule has 7 nitrogen and oxygen atoms in total. The molecule has 0 bridgehead atoms. The van der Waals surface area contributed by atoms with Crippen LogP contribution in [-0.4, -0.2) is 47.8 Å². The van der Waals surface area contributed by atoms with Crippen molar-refractivity contribution in [3.05, 3.63) is 56.6 Å². The summed E-state index contributed by atoms with van der Waals surface area (Å²) in [7, 11) is 2.82. The number of esters is 1. The van der Waals surface area contributed by atoms with E-state index >= 15 is 0 Å². The van der Waals surface area contributed by atoms with E-state index in [0.717, 1.165) is 0 Å². The molecule has 0 spiro atoms. The van der Waals surface area contributed by atoms with Crippen LogP contribution in [-0.2, 0) is 14.3 Å². The molecule has 0 unspecified atom stereocenters. The predicted molar refractivity (Wildman–Crippen MR) is 123 cm³/mol. The first-order valence-electron chi connectivity index (χ1n) is 8.53. The second-order valence-electron chi connectivity index (χ2n) is 6.15. The van der Waals surface area contributed by atoms with Crippen LogP contribution in [0.1, 0.15) is 5.56 Å². The normalized spacial score (nSPS) is 15.1. The lowest BCUT2D eigenvalue weighted by molar-refractivity contribution is -0.140. The van der Waals surface area contributed by atoms with E-state index in [1.54, 1.807) is 49.6 Å². The van der Waals surface area contributed by atoms with Crippen LogP contribution in [0.2, 0.25) is 0 Å². The molecular weight excluding hydrogens is 540 g/mol. The summed E-state index contributed by atoms with van der Waals surface area (Å²) in [6, 6.07) is 10.1. The van der Waals surface area contributed by atoms with Gasteiger partial charge in [0.15, 0.2) is 5.11 Å². The van der Waals surface area contributed by atoms with Crippen molar-refractivity contribution in [3.8, 4) is 11.5 Å². The van der Waals surface area contributed by atoms with Gasteiger partial charge >= 0.3 is 5.97 Å². The molecule has 1 N–H and O–H groups in total. The summed E-state index contributed by atoms with van der Waals surface area (Å²) in [5.41, 5.74) is 1.35. The molecule has 0 saturated carbocycles. The third-order valence-corrected chi connectivity index (χ3v) is 5.94. The molecule has 156 valence electrons. The van der Waals surface area contributed by atoms with Crippen molar-refractivity contribution in [2.45, 2.75) is 0 Å². The molecule has 30 heavy (non-hydrogen) atoms. The number of carbonyl (C=O) groups excluding carboxylic acids is 2. The summed E-state index contributed by atoms with van der Waals surface area (Å²) in [5, 5.41) is 10.1. The first-order valence-corrected chi connectivity index (χ1v) is 10.5. The maximum Gasteiger partial charge on any atom is 0.325 e. The third kappa shape index (κ3) is 4.35. The number of ether oxygens (including phenoxy) is 2. The summed E-state index contributed by atoms with van der Waals surface area (Å²) < 4.78 is 10.8. The van der Waals surface area contributed by atoms with Gasteiger partial charge in [0.05, 0.1) is 28.9 Å². The molecule has 1 saturated heterocycles. The van der Waals surface area contributed by atoms with E-state index in [4.69, 9.17) is 21.7 Å². The minimum atomic E-state index is -0.541. The highest BCUT2D eigenvalue weighted by molar-refractivity contribution is 9.11. The maximum atomic E-state index is 13.3. The second-order valence-corrected chi connectivity index (χ2v) is 8.22. The van der Waals surface area contributed by atoms with Gasteiger partial charge in [0.25, 0.3) is 5.91 Å². The lowest BCUT2D eigenvalue weighted by Gasteiger charge is -2.19. The second kappa shape index (κ2) is 9.15. The number of carbonyl (C=O) groups is 2. The molecular formula is C20H16Br2N2O5S. The molecule has 0 radical (unpaired) electrons. The molecule has 1 amide bonds. The predicted octanol–water partition coefficient (Wildman–Crippen LogP) is 4.07. The molecule has 0 atom stereocenters. The number of anilines is 1. The van der Waals surface area contributed by atoms with E-state index in [-0.39, 0.29) is 23.1 Å². The first-order chi connectivity index (χ1) is 14.3. The fourth-order valence-corrected chi connectivity index (χ4v) is 4.39. The first kappa shape index (κ1) is 22.3. The highest BCUT2D eigenvalue weighted by Gasteiger charge is 2.40. The molecule has 1 heterocycles.